The SMILES string of the molecule is ClCC1CCCC1Nc1ncnc2c1CCC2. The molecule has 0 spiro atoms. The molecule has 1 saturated carbocycles. The highest BCUT2D eigenvalue weighted by Gasteiger charge is 2.28. The zero-order valence-electron chi connectivity index (χ0n) is 9.95. The summed E-state index contributed by atoms with van der Waals surface area (Å²) in [6.45, 7) is 0. The Morgan fingerprint density at radius 3 is 3.06 bits per heavy atom. The van der Waals surface area contributed by atoms with Crippen molar-refractivity contribution in [3.8, 4) is 0 Å². The Kier molecular flexibility index (Phi) is 3.19. The number of aromatic nitrogens is 2. The van der Waals surface area contributed by atoms with Gasteiger partial charge in [-0.15, -0.1) is 11.6 Å². The van der Waals surface area contributed by atoms with Gasteiger partial charge in [0.2, 0.25) is 0 Å². The third kappa shape index (κ3) is 2.13. The van der Waals surface area contributed by atoms with Crippen molar-refractivity contribution < 1.29 is 0 Å². The minimum absolute atomic E-state index is 0.507. The fraction of sp³-hybridized carbons (Fsp3) is 0.692. The van der Waals surface area contributed by atoms with Crippen molar-refractivity contribution in [2.24, 2.45) is 5.92 Å². The molecule has 1 heterocycles. The van der Waals surface area contributed by atoms with Gasteiger partial charge in [-0.1, -0.05) is 6.42 Å². The van der Waals surface area contributed by atoms with Crippen LogP contribution in [-0.4, -0.2) is 21.9 Å². The first kappa shape index (κ1) is 11.3. The first-order chi connectivity index (χ1) is 8.38. The molecule has 2 unspecified atom stereocenters. The lowest BCUT2D eigenvalue weighted by Crippen LogP contribution is -2.26. The fourth-order valence-electron chi connectivity index (χ4n) is 3.07. The topological polar surface area (TPSA) is 37.8 Å². The maximum atomic E-state index is 6.01. The summed E-state index contributed by atoms with van der Waals surface area (Å²) in [7, 11) is 0. The van der Waals surface area contributed by atoms with E-state index in [1.165, 1.54) is 36.9 Å². The molecule has 2 atom stereocenters. The molecule has 1 fully saturated rings. The normalized spacial score (nSPS) is 27.1. The van der Waals surface area contributed by atoms with Gasteiger partial charge in [0.05, 0.1) is 0 Å². The molecule has 2 aliphatic rings. The average Bonchev–Trinajstić information content (AvgIpc) is 2.97. The van der Waals surface area contributed by atoms with Crippen LogP contribution >= 0.6 is 11.6 Å². The minimum Gasteiger partial charge on any atom is -0.367 e. The first-order valence-electron chi connectivity index (χ1n) is 6.53. The summed E-state index contributed by atoms with van der Waals surface area (Å²) in [5, 5.41) is 3.61. The highest BCUT2D eigenvalue weighted by molar-refractivity contribution is 6.18. The zero-order valence-corrected chi connectivity index (χ0v) is 10.7. The summed E-state index contributed by atoms with van der Waals surface area (Å²) >= 11 is 6.01. The Bertz CT molecular complexity index is 408. The smallest absolute Gasteiger partial charge is 0.133 e. The van der Waals surface area contributed by atoms with Gasteiger partial charge in [0.25, 0.3) is 0 Å². The van der Waals surface area contributed by atoms with Crippen molar-refractivity contribution in [3.05, 3.63) is 17.6 Å². The van der Waals surface area contributed by atoms with Crippen LogP contribution in [0.2, 0.25) is 0 Å². The van der Waals surface area contributed by atoms with E-state index in [0.717, 1.165) is 24.5 Å². The second-order valence-electron chi connectivity index (χ2n) is 5.10. The summed E-state index contributed by atoms with van der Waals surface area (Å²) in [6.07, 6.45) is 8.88. The van der Waals surface area contributed by atoms with Crippen molar-refractivity contribution in [2.75, 3.05) is 11.2 Å². The second-order valence-corrected chi connectivity index (χ2v) is 5.41. The quantitative estimate of drug-likeness (QED) is 0.840. The Hall–Kier alpha value is -0.830. The van der Waals surface area contributed by atoms with Crippen LogP contribution in [0.4, 0.5) is 5.82 Å². The van der Waals surface area contributed by atoms with Gasteiger partial charge in [0, 0.05) is 23.2 Å². The van der Waals surface area contributed by atoms with Gasteiger partial charge in [0.15, 0.2) is 0 Å². The van der Waals surface area contributed by atoms with Crippen molar-refractivity contribution in [2.45, 2.75) is 44.6 Å². The van der Waals surface area contributed by atoms with E-state index < -0.39 is 0 Å². The zero-order chi connectivity index (χ0) is 11.7. The highest BCUT2D eigenvalue weighted by atomic mass is 35.5. The standard InChI is InChI=1S/C13H18ClN3/c14-7-9-3-1-5-11(9)17-13-10-4-2-6-12(10)15-8-16-13/h8-9,11H,1-7H2,(H,15,16,17). The van der Waals surface area contributed by atoms with E-state index in [4.69, 9.17) is 11.6 Å². The Morgan fingerprint density at radius 1 is 1.24 bits per heavy atom. The lowest BCUT2D eigenvalue weighted by Gasteiger charge is -2.20. The molecule has 3 nitrogen and oxygen atoms in total. The van der Waals surface area contributed by atoms with Crippen LogP contribution in [0.15, 0.2) is 6.33 Å². The lowest BCUT2D eigenvalue weighted by atomic mass is 10.1. The summed E-state index contributed by atoms with van der Waals surface area (Å²) in [6, 6.07) is 0.507. The molecule has 17 heavy (non-hydrogen) atoms. The largest absolute Gasteiger partial charge is 0.367 e. The van der Waals surface area contributed by atoms with E-state index >= 15 is 0 Å². The average molecular weight is 252 g/mol. The number of halogens is 1. The minimum atomic E-state index is 0.507. The van der Waals surface area contributed by atoms with Crippen LogP contribution in [0.5, 0.6) is 0 Å². The van der Waals surface area contributed by atoms with E-state index in [2.05, 4.69) is 15.3 Å². The molecule has 0 bridgehead atoms. The molecule has 0 aliphatic heterocycles. The molecule has 0 radical (unpaired) electrons. The molecule has 3 rings (SSSR count). The summed E-state index contributed by atoms with van der Waals surface area (Å²) < 4.78 is 0. The fourth-order valence-corrected chi connectivity index (χ4v) is 3.44. The summed E-state index contributed by atoms with van der Waals surface area (Å²) in [4.78, 5) is 8.77. The molecule has 1 aromatic rings. The Morgan fingerprint density at radius 2 is 2.18 bits per heavy atom. The number of hydrogen-bond donors (Lipinski definition) is 1. The van der Waals surface area contributed by atoms with E-state index in [1.807, 2.05) is 0 Å². The van der Waals surface area contributed by atoms with Crippen LogP contribution in [0.1, 0.15) is 36.9 Å². The van der Waals surface area contributed by atoms with Gasteiger partial charge in [-0.05, 0) is 38.0 Å². The van der Waals surface area contributed by atoms with E-state index in [9.17, 15) is 0 Å². The van der Waals surface area contributed by atoms with Gasteiger partial charge in [-0.2, -0.15) is 0 Å². The lowest BCUT2D eigenvalue weighted by molar-refractivity contribution is 0.560. The van der Waals surface area contributed by atoms with Crippen molar-refractivity contribution in [3.63, 3.8) is 0 Å². The number of rotatable bonds is 3. The molecule has 4 heteroatoms. The van der Waals surface area contributed by atoms with Gasteiger partial charge in [-0.3, -0.25) is 0 Å². The number of nitrogens with one attached hydrogen (secondary N) is 1. The van der Waals surface area contributed by atoms with Crippen molar-refractivity contribution in [1.82, 2.24) is 9.97 Å². The number of aryl methyl sites for hydroxylation is 1. The van der Waals surface area contributed by atoms with Gasteiger partial charge in [0.1, 0.15) is 12.1 Å². The number of nitrogens with zero attached hydrogens (tertiary/aromatic N) is 2. The van der Waals surface area contributed by atoms with Gasteiger partial charge >= 0.3 is 0 Å². The predicted molar refractivity (Wildman–Crippen MR) is 69.5 cm³/mol. The van der Waals surface area contributed by atoms with Crippen LogP contribution in [0.3, 0.4) is 0 Å². The van der Waals surface area contributed by atoms with E-state index in [1.54, 1.807) is 6.33 Å². The first-order valence-corrected chi connectivity index (χ1v) is 7.07. The van der Waals surface area contributed by atoms with Gasteiger partial charge in [-0.25, -0.2) is 9.97 Å². The monoisotopic (exact) mass is 251 g/mol. The maximum Gasteiger partial charge on any atom is 0.133 e. The number of alkyl halides is 1. The third-order valence-electron chi connectivity index (χ3n) is 4.05. The molecule has 0 amide bonds. The molecule has 0 saturated heterocycles. The summed E-state index contributed by atoms with van der Waals surface area (Å²) in [5.41, 5.74) is 2.58. The number of fused-ring (bicyclic) bond motifs is 1. The van der Waals surface area contributed by atoms with E-state index in [0.29, 0.717) is 12.0 Å². The third-order valence-corrected chi connectivity index (χ3v) is 4.45. The molecular formula is C13H18ClN3. The Labute approximate surface area is 107 Å². The highest BCUT2D eigenvalue weighted by Crippen LogP contribution is 2.32. The van der Waals surface area contributed by atoms with Crippen molar-refractivity contribution >= 4 is 17.4 Å². The second kappa shape index (κ2) is 4.81. The summed E-state index contributed by atoms with van der Waals surface area (Å²) in [5.74, 6) is 2.42. The van der Waals surface area contributed by atoms with Gasteiger partial charge < -0.3 is 5.32 Å². The molecule has 92 valence electrons. The molecule has 1 N–H and O–H groups in total. The molecule has 0 aromatic carbocycles. The van der Waals surface area contributed by atoms with Crippen LogP contribution in [0, 0.1) is 5.92 Å². The molecule has 1 aromatic heterocycles. The van der Waals surface area contributed by atoms with E-state index in [-0.39, 0.29) is 0 Å². The van der Waals surface area contributed by atoms with Crippen molar-refractivity contribution in [1.29, 1.82) is 0 Å². The van der Waals surface area contributed by atoms with Crippen LogP contribution in [0.25, 0.3) is 0 Å². The number of hydrogen-bond acceptors (Lipinski definition) is 3. The van der Waals surface area contributed by atoms with Crippen LogP contribution in [-0.2, 0) is 12.8 Å². The predicted octanol–water partition coefficient (Wildman–Crippen LogP) is 2.78. The maximum absolute atomic E-state index is 6.01. The number of anilines is 1. The molecule has 2 aliphatic carbocycles. The molecular weight excluding hydrogens is 234 g/mol. The Balaban J connectivity index is 1.79. The van der Waals surface area contributed by atoms with Crippen LogP contribution < -0.4 is 5.32 Å².